The zero-order valence-electron chi connectivity index (χ0n) is 17.0. The summed E-state index contributed by atoms with van der Waals surface area (Å²) < 4.78 is 11.1. The molecule has 0 aliphatic carbocycles. The molecular weight excluding hydrogens is 340 g/mol. The minimum Gasteiger partial charge on any atom is -0.381 e. The zero-order chi connectivity index (χ0) is 19.2. The van der Waals surface area contributed by atoms with E-state index in [0.29, 0.717) is 6.54 Å². The van der Waals surface area contributed by atoms with Gasteiger partial charge in [0, 0.05) is 45.1 Å². The van der Waals surface area contributed by atoms with Crippen LogP contribution in [0.25, 0.3) is 0 Å². The topological polar surface area (TPSA) is 58.1 Å². The lowest BCUT2D eigenvalue weighted by molar-refractivity contribution is 0.122. The van der Waals surface area contributed by atoms with Crippen LogP contribution in [0.5, 0.6) is 0 Å². The van der Waals surface area contributed by atoms with E-state index in [1.807, 2.05) is 0 Å². The summed E-state index contributed by atoms with van der Waals surface area (Å²) in [7, 11) is 0. The van der Waals surface area contributed by atoms with Gasteiger partial charge in [-0.1, -0.05) is 31.5 Å². The zero-order valence-corrected chi connectivity index (χ0v) is 17.0. The number of hydrogen-bond donors (Lipinski definition) is 2. The fraction of sp³-hybridized carbons (Fsp3) is 0.667. The normalized spacial score (nSPS) is 15.0. The van der Waals surface area contributed by atoms with Gasteiger partial charge in [-0.2, -0.15) is 0 Å². The van der Waals surface area contributed by atoms with Gasteiger partial charge in [0.2, 0.25) is 0 Å². The smallest absolute Gasteiger partial charge is 0.191 e. The van der Waals surface area contributed by atoms with Crippen molar-refractivity contribution < 1.29 is 9.47 Å². The maximum Gasteiger partial charge on any atom is 0.191 e. The Morgan fingerprint density at radius 1 is 1.11 bits per heavy atom. The minimum absolute atomic E-state index is 0.663. The molecule has 6 nitrogen and oxygen atoms in total. The predicted molar refractivity (Wildman–Crippen MR) is 113 cm³/mol. The first-order valence-electron chi connectivity index (χ1n) is 10.4. The molecule has 1 aromatic rings. The fourth-order valence-corrected chi connectivity index (χ4v) is 2.99. The number of morpholine rings is 1. The number of hydrogen-bond acceptors (Lipinski definition) is 4. The molecule has 1 aliphatic rings. The molecule has 1 aromatic carbocycles. The van der Waals surface area contributed by atoms with Crippen molar-refractivity contribution in [3.8, 4) is 0 Å². The van der Waals surface area contributed by atoms with Crippen LogP contribution in [-0.4, -0.2) is 58.6 Å². The molecule has 6 heteroatoms. The molecule has 2 rings (SSSR count). The summed E-state index contributed by atoms with van der Waals surface area (Å²) in [5.74, 6) is 0.864. The summed E-state index contributed by atoms with van der Waals surface area (Å²) in [6.45, 7) is 11.8. The monoisotopic (exact) mass is 376 g/mol. The molecule has 1 aliphatic heterocycles. The molecule has 152 valence electrons. The van der Waals surface area contributed by atoms with Crippen LogP contribution >= 0.6 is 0 Å². The van der Waals surface area contributed by atoms with E-state index in [-0.39, 0.29) is 0 Å². The average molecular weight is 377 g/mol. The highest BCUT2D eigenvalue weighted by atomic mass is 16.5. The molecule has 0 radical (unpaired) electrons. The van der Waals surface area contributed by atoms with E-state index < -0.39 is 0 Å². The number of benzene rings is 1. The van der Waals surface area contributed by atoms with E-state index in [2.05, 4.69) is 53.6 Å². The number of para-hydroxylation sites is 1. The van der Waals surface area contributed by atoms with Crippen molar-refractivity contribution in [1.29, 1.82) is 0 Å². The van der Waals surface area contributed by atoms with Crippen molar-refractivity contribution in [3.05, 3.63) is 29.8 Å². The molecule has 0 bridgehead atoms. The number of rotatable bonds is 11. The van der Waals surface area contributed by atoms with Crippen molar-refractivity contribution in [2.24, 2.45) is 4.99 Å². The van der Waals surface area contributed by atoms with Gasteiger partial charge < -0.3 is 25.0 Å². The van der Waals surface area contributed by atoms with Crippen molar-refractivity contribution in [3.63, 3.8) is 0 Å². The Hall–Kier alpha value is -1.79. The maximum atomic E-state index is 5.61. The number of anilines is 1. The summed E-state index contributed by atoms with van der Waals surface area (Å²) >= 11 is 0. The van der Waals surface area contributed by atoms with Crippen LogP contribution in [0.4, 0.5) is 5.69 Å². The lowest BCUT2D eigenvalue weighted by Crippen LogP contribution is -2.38. The summed E-state index contributed by atoms with van der Waals surface area (Å²) in [4.78, 5) is 7.17. The summed E-state index contributed by atoms with van der Waals surface area (Å²) in [5, 5.41) is 6.73. The third kappa shape index (κ3) is 8.18. The van der Waals surface area contributed by atoms with Gasteiger partial charge in [0.1, 0.15) is 0 Å². The van der Waals surface area contributed by atoms with E-state index in [0.717, 1.165) is 71.4 Å². The second-order valence-corrected chi connectivity index (χ2v) is 6.67. The Balaban J connectivity index is 1.85. The fourth-order valence-electron chi connectivity index (χ4n) is 2.99. The van der Waals surface area contributed by atoms with Gasteiger partial charge in [-0.05, 0) is 31.4 Å². The predicted octanol–water partition coefficient (Wildman–Crippen LogP) is 2.79. The third-order valence-corrected chi connectivity index (χ3v) is 4.50. The van der Waals surface area contributed by atoms with Crippen LogP contribution in [0.1, 0.15) is 38.7 Å². The van der Waals surface area contributed by atoms with Crippen LogP contribution in [0.15, 0.2) is 29.3 Å². The van der Waals surface area contributed by atoms with E-state index in [9.17, 15) is 0 Å². The highest BCUT2D eigenvalue weighted by molar-refractivity contribution is 5.79. The number of nitrogens with zero attached hydrogens (tertiary/aromatic N) is 2. The number of ether oxygens (including phenoxy) is 2. The third-order valence-electron chi connectivity index (χ3n) is 4.50. The molecule has 2 N–H and O–H groups in total. The molecule has 1 fully saturated rings. The highest BCUT2D eigenvalue weighted by Crippen LogP contribution is 2.22. The lowest BCUT2D eigenvalue weighted by Gasteiger charge is -2.30. The van der Waals surface area contributed by atoms with Crippen LogP contribution < -0.4 is 15.5 Å². The summed E-state index contributed by atoms with van der Waals surface area (Å²) in [6, 6.07) is 8.53. The van der Waals surface area contributed by atoms with E-state index in [1.165, 1.54) is 17.7 Å². The van der Waals surface area contributed by atoms with Crippen molar-refractivity contribution in [1.82, 2.24) is 10.6 Å². The van der Waals surface area contributed by atoms with Crippen LogP contribution in [-0.2, 0) is 16.0 Å². The number of nitrogens with one attached hydrogen (secondary N) is 2. The largest absolute Gasteiger partial charge is 0.381 e. The highest BCUT2D eigenvalue weighted by Gasteiger charge is 2.14. The first-order valence-corrected chi connectivity index (χ1v) is 10.4. The second-order valence-electron chi connectivity index (χ2n) is 6.67. The Morgan fingerprint density at radius 3 is 2.67 bits per heavy atom. The number of aliphatic imine (C=N–C) groups is 1. The Labute approximate surface area is 164 Å². The second kappa shape index (κ2) is 13.4. The molecule has 0 spiro atoms. The Bertz CT molecular complexity index is 545. The van der Waals surface area contributed by atoms with E-state index >= 15 is 0 Å². The SMILES string of the molecule is CCCCOCCCNC(=NCc1ccccc1N1CCOCC1)NCC. The molecule has 27 heavy (non-hydrogen) atoms. The van der Waals surface area contributed by atoms with Gasteiger partial charge in [0.15, 0.2) is 5.96 Å². The molecule has 1 heterocycles. The summed E-state index contributed by atoms with van der Waals surface area (Å²) in [5.41, 5.74) is 2.52. The number of unbranched alkanes of at least 4 members (excludes halogenated alkanes) is 1. The first-order chi connectivity index (χ1) is 13.3. The van der Waals surface area contributed by atoms with Crippen molar-refractivity contribution in [2.45, 2.75) is 39.7 Å². The molecule has 0 amide bonds. The standard InChI is InChI=1S/C21H36N4O2/c1-3-5-14-26-15-8-11-23-21(22-4-2)24-18-19-9-6-7-10-20(19)25-12-16-27-17-13-25/h6-7,9-10H,3-5,8,11-18H2,1-2H3,(H2,22,23,24). The quantitative estimate of drug-likeness (QED) is 0.353. The van der Waals surface area contributed by atoms with Crippen LogP contribution in [0.3, 0.4) is 0 Å². The maximum absolute atomic E-state index is 5.61. The number of guanidine groups is 1. The van der Waals surface area contributed by atoms with Gasteiger partial charge in [0.25, 0.3) is 0 Å². The molecule has 0 unspecified atom stereocenters. The molecule has 0 saturated carbocycles. The van der Waals surface area contributed by atoms with Gasteiger partial charge in [-0.25, -0.2) is 4.99 Å². The molecule has 1 saturated heterocycles. The average Bonchev–Trinajstić information content (AvgIpc) is 2.72. The Kier molecular flexibility index (Phi) is 10.7. The Morgan fingerprint density at radius 2 is 1.89 bits per heavy atom. The molecular formula is C21H36N4O2. The van der Waals surface area contributed by atoms with Gasteiger partial charge in [0.05, 0.1) is 19.8 Å². The van der Waals surface area contributed by atoms with Crippen molar-refractivity contribution in [2.75, 3.05) is 57.5 Å². The molecule has 0 aromatic heterocycles. The lowest BCUT2D eigenvalue weighted by atomic mass is 10.1. The van der Waals surface area contributed by atoms with Gasteiger partial charge in [-0.3, -0.25) is 0 Å². The van der Waals surface area contributed by atoms with Crippen LogP contribution in [0.2, 0.25) is 0 Å². The van der Waals surface area contributed by atoms with E-state index in [4.69, 9.17) is 14.5 Å². The van der Waals surface area contributed by atoms with Crippen LogP contribution in [0, 0.1) is 0 Å². The first kappa shape index (κ1) is 21.5. The van der Waals surface area contributed by atoms with Gasteiger partial charge in [-0.15, -0.1) is 0 Å². The van der Waals surface area contributed by atoms with Crippen molar-refractivity contribution >= 4 is 11.6 Å². The van der Waals surface area contributed by atoms with E-state index in [1.54, 1.807) is 0 Å². The van der Waals surface area contributed by atoms with Gasteiger partial charge >= 0.3 is 0 Å². The minimum atomic E-state index is 0.663. The molecule has 0 atom stereocenters. The summed E-state index contributed by atoms with van der Waals surface area (Å²) in [6.07, 6.45) is 3.31.